The van der Waals surface area contributed by atoms with Crippen molar-refractivity contribution in [1.29, 1.82) is 0 Å². The molecule has 1 atom stereocenters. The molecule has 5 heteroatoms. The molecule has 3 N–H and O–H groups in total. The van der Waals surface area contributed by atoms with E-state index < -0.39 is 5.97 Å². The van der Waals surface area contributed by atoms with Gasteiger partial charge >= 0.3 is 5.97 Å². The second-order valence-corrected chi connectivity index (χ2v) is 5.57. The van der Waals surface area contributed by atoms with Crippen molar-refractivity contribution in [3.05, 3.63) is 23.3 Å². The van der Waals surface area contributed by atoms with Gasteiger partial charge in [0.15, 0.2) is 0 Å². The number of rotatable bonds is 5. The van der Waals surface area contributed by atoms with Crippen molar-refractivity contribution < 1.29 is 14.6 Å². The molecule has 1 unspecified atom stereocenters. The van der Waals surface area contributed by atoms with Gasteiger partial charge in [-0.1, -0.05) is 0 Å². The Kier molecular flexibility index (Phi) is 5.07. The Morgan fingerprint density at radius 1 is 1.52 bits per heavy atom. The van der Waals surface area contributed by atoms with Crippen LogP contribution in [-0.2, 0) is 4.74 Å². The van der Waals surface area contributed by atoms with Gasteiger partial charge in [0, 0.05) is 30.6 Å². The van der Waals surface area contributed by atoms with Crippen LogP contribution in [0.4, 0.5) is 11.4 Å². The molecule has 5 nitrogen and oxygen atoms in total. The van der Waals surface area contributed by atoms with Crippen molar-refractivity contribution in [3.63, 3.8) is 0 Å². The smallest absolute Gasteiger partial charge is 0.340 e. The van der Waals surface area contributed by atoms with Gasteiger partial charge in [0.1, 0.15) is 0 Å². The predicted molar refractivity (Wildman–Crippen MR) is 83.6 cm³/mol. The fourth-order valence-corrected chi connectivity index (χ4v) is 3.03. The maximum atomic E-state index is 11.9. The molecule has 0 radical (unpaired) electrons. The van der Waals surface area contributed by atoms with Crippen LogP contribution in [0, 0.1) is 6.92 Å². The number of methoxy groups -OCH3 is 1. The number of carbonyl (C=O) groups excluding carboxylic acids is 1. The van der Waals surface area contributed by atoms with Crippen molar-refractivity contribution in [2.24, 2.45) is 0 Å². The third kappa shape index (κ3) is 3.29. The van der Waals surface area contributed by atoms with Crippen molar-refractivity contribution in [1.82, 2.24) is 0 Å². The number of carbonyl (C=O) groups is 1. The number of anilines is 2. The molecular formula is C16H24N2O3. The number of ether oxygens (including phenoxy) is 1. The average molecular weight is 292 g/mol. The fraction of sp³-hybridized carbons (Fsp3) is 0.562. The van der Waals surface area contributed by atoms with Gasteiger partial charge in [-0.05, 0) is 50.3 Å². The summed E-state index contributed by atoms with van der Waals surface area (Å²) in [7, 11) is 1.36. The number of aryl methyl sites for hydroxylation is 1. The lowest BCUT2D eigenvalue weighted by molar-refractivity contribution is 0.0602. The second-order valence-electron chi connectivity index (χ2n) is 5.57. The molecule has 1 aromatic rings. The lowest BCUT2D eigenvalue weighted by Crippen LogP contribution is -2.29. The quantitative estimate of drug-likeness (QED) is 0.642. The van der Waals surface area contributed by atoms with Crippen LogP contribution in [0.5, 0.6) is 0 Å². The van der Waals surface area contributed by atoms with Gasteiger partial charge in [0.05, 0.1) is 12.7 Å². The highest BCUT2D eigenvalue weighted by molar-refractivity contribution is 5.97. The normalized spacial score (nSPS) is 18.0. The van der Waals surface area contributed by atoms with Gasteiger partial charge in [-0.15, -0.1) is 0 Å². The number of nitrogens with two attached hydrogens (primary N) is 1. The van der Waals surface area contributed by atoms with E-state index >= 15 is 0 Å². The summed E-state index contributed by atoms with van der Waals surface area (Å²) in [6.07, 6.45) is 4.02. The van der Waals surface area contributed by atoms with E-state index in [0.717, 1.165) is 43.5 Å². The number of benzene rings is 1. The van der Waals surface area contributed by atoms with E-state index in [9.17, 15) is 4.79 Å². The van der Waals surface area contributed by atoms with Crippen molar-refractivity contribution in [3.8, 4) is 0 Å². The van der Waals surface area contributed by atoms with Gasteiger partial charge in [0.2, 0.25) is 0 Å². The number of esters is 1. The lowest BCUT2D eigenvalue weighted by atomic mass is 10.0. The molecule has 0 amide bonds. The maximum absolute atomic E-state index is 11.9. The first kappa shape index (κ1) is 15.6. The number of nitrogen functional groups attached to an aromatic ring is 1. The maximum Gasteiger partial charge on any atom is 0.340 e. The first-order chi connectivity index (χ1) is 10.1. The molecule has 1 aliphatic heterocycles. The van der Waals surface area contributed by atoms with Gasteiger partial charge < -0.3 is 20.5 Å². The third-order valence-electron chi connectivity index (χ3n) is 4.18. The molecule has 0 aromatic heterocycles. The minimum absolute atomic E-state index is 0.221. The summed E-state index contributed by atoms with van der Waals surface area (Å²) in [5, 5.41) is 9.02. The zero-order valence-corrected chi connectivity index (χ0v) is 12.8. The minimum atomic E-state index is -0.399. The van der Waals surface area contributed by atoms with Gasteiger partial charge in [-0.3, -0.25) is 0 Å². The third-order valence-corrected chi connectivity index (χ3v) is 4.18. The Morgan fingerprint density at radius 2 is 2.29 bits per heavy atom. The van der Waals surface area contributed by atoms with Crippen LogP contribution in [0.2, 0.25) is 0 Å². The number of hydrogen-bond acceptors (Lipinski definition) is 5. The van der Waals surface area contributed by atoms with Crippen molar-refractivity contribution in [2.45, 2.75) is 38.6 Å². The molecule has 0 saturated carbocycles. The van der Waals surface area contributed by atoms with Crippen molar-refractivity contribution >= 4 is 17.3 Å². The molecule has 0 aliphatic carbocycles. The molecule has 1 aromatic carbocycles. The van der Waals surface area contributed by atoms with Gasteiger partial charge in [0.25, 0.3) is 0 Å². The molecule has 21 heavy (non-hydrogen) atoms. The Balaban J connectivity index is 2.30. The van der Waals surface area contributed by atoms with Crippen LogP contribution in [0.15, 0.2) is 12.1 Å². The minimum Gasteiger partial charge on any atom is -0.465 e. The molecule has 2 rings (SSSR count). The first-order valence-corrected chi connectivity index (χ1v) is 7.44. The largest absolute Gasteiger partial charge is 0.465 e. The number of aliphatic hydroxyl groups is 1. The van der Waals surface area contributed by atoms with Crippen molar-refractivity contribution in [2.75, 3.05) is 30.9 Å². The second kappa shape index (κ2) is 6.80. The fourth-order valence-electron chi connectivity index (χ4n) is 3.03. The molecular weight excluding hydrogens is 268 g/mol. The standard InChI is InChI=1S/C16H24N2O3/c1-11-9-13(10-14(15(11)17)16(20)21-2)18-7-3-5-12(18)6-4-8-19/h9-10,12,19H,3-8,17H2,1-2H3. The summed E-state index contributed by atoms with van der Waals surface area (Å²) in [6.45, 7) is 3.10. The highest BCUT2D eigenvalue weighted by Gasteiger charge is 2.26. The average Bonchev–Trinajstić information content (AvgIpc) is 2.95. The zero-order valence-electron chi connectivity index (χ0n) is 12.8. The topological polar surface area (TPSA) is 75.8 Å². The molecule has 116 valence electrons. The van der Waals surface area contributed by atoms with E-state index in [1.807, 2.05) is 19.1 Å². The highest BCUT2D eigenvalue weighted by Crippen LogP contribution is 2.32. The van der Waals surface area contributed by atoms with Crippen LogP contribution in [0.25, 0.3) is 0 Å². The molecule has 1 heterocycles. The van der Waals surface area contributed by atoms with E-state index in [1.165, 1.54) is 7.11 Å². The van der Waals surface area contributed by atoms with Gasteiger partial charge in [-0.25, -0.2) is 4.79 Å². The number of aliphatic hydroxyl groups excluding tert-OH is 1. The number of hydrogen-bond donors (Lipinski definition) is 2. The van der Waals surface area contributed by atoms with Crippen LogP contribution in [0.3, 0.4) is 0 Å². The molecule has 0 bridgehead atoms. The van der Waals surface area contributed by atoms with E-state index in [2.05, 4.69) is 4.90 Å². The lowest BCUT2D eigenvalue weighted by Gasteiger charge is -2.28. The Labute approximate surface area is 125 Å². The predicted octanol–water partition coefficient (Wildman–Crippen LogP) is 2.11. The van der Waals surface area contributed by atoms with Crippen LogP contribution in [-0.4, -0.2) is 37.4 Å². The summed E-state index contributed by atoms with van der Waals surface area (Å²) in [6, 6.07) is 4.27. The summed E-state index contributed by atoms with van der Waals surface area (Å²) >= 11 is 0. The highest BCUT2D eigenvalue weighted by atomic mass is 16.5. The van der Waals surface area contributed by atoms with E-state index in [1.54, 1.807) is 0 Å². The van der Waals surface area contributed by atoms with Crippen LogP contribution in [0.1, 0.15) is 41.6 Å². The Hall–Kier alpha value is -1.75. The summed E-state index contributed by atoms with van der Waals surface area (Å²) in [5.74, 6) is -0.399. The zero-order chi connectivity index (χ0) is 15.4. The monoisotopic (exact) mass is 292 g/mol. The van der Waals surface area contributed by atoms with E-state index in [-0.39, 0.29) is 6.61 Å². The Morgan fingerprint density at radius 3 is 2.95 bits per heavy atom. The summed E-state index contributed by atoms with van der Waals surface area (Å²) in [5.41, 5.74) is 8.81. The SMILES string of the molecule is COC(=O)c1cc(N2CCCC2CCCO)cc(C)c1N. The molecule has 0 spiro atoms. The van der Waals surface area contributed by atoms with Crippen LogP contribution < -0.4 is 10.6 Å². The Bertz CT molecular complexity index is 516. The van der Waals surface area contributed by atoms with E-state index in [4.69, 9.17) is 15.6 Å². The first-order valence-electron chi connectivity index (χ1n) is 7.44. The number of nitrogens with zero attached hydrogens (tertiary/aromatic N) is 1. The van der Waals surface area contributed by atoms with Gasteiger partial charge in [-0.2, -0.15) is 0 Å². The molecule has 1 aliphatic rings. The van der Waals surface area contributed by atoms with E-state index in [0.29, 0.717) is 17.3 Å². The molecule has 1 saturated heterocycles. The van der Waals surface area contributed by atoms with Crippen LogP contribution >= 0.6 is 0 Å². The summed E-state index contributed by atoms with van der Waals surface area (Å²) in [4.78, 5) is 14.2. The summed E-state index contributed by atoms with van der Waals surface area (Å²) < 4.78 is 4.81. The molecule has 1 fully saturated rings.